The Balaban J connectivity index is 2.49. The van der Waals surface area contributed by atoms with Crippen LogP contribution in [0.1, 0.15) is 36.6 Å². The molecule has 1 aliphatic heterocycles. The predicted molar refractivity (Wildman–Crippen MR) is 74.5 cm³/mol. The maximum atomic E-state index is 11.1. The Labute approximate surface area is 118 Å². The minimum atomic E-state index is -0.427. The summed E-state index contributed by atoms with van der Waals surface area (Å²) in [5, 5.41) is 20.5. The number of rotatable bonds is 2. The van der Waals surface area contributed by atoms with Gasteiger partial charge < -0.3 is 0 Å². The van der Waals surface area contributed by atoms with Gasteiger partial charge in [-0.05, 0) is 25.7 Å². The van der Waals surface area contributed by atoms with E-state index < -0.39 is 4.92 Å². The molecular weight excluding hydrogens is 256 g/mol. The van der Waals surface area contributed by atoms with Crippen molar-refractivity contribution in [1.29, 1.82) is 5.26 Å². The molecule has 6 nitrogen and oxygen atoms in total. The fourth-order valence-corrected chi connectivity index (χ4v) is 2.76. The highest BCUT2D eigenvalue weighted by atomic mass is 16.6. The summed E-state index contributed by atoms with van der Waals surface area (Å²) in [6.07, 6.45) is 2.15. The second kappa shape index (κ2) is 5.45. The van der Waals surface area contributed by atoms with Crippen molar-refractivity contribution in [1.82, 2.24) is 0 Å². The lowest BCUT2D eigenvalue weighted by atomic mass is 9.98. The SMILES string of the molecule is Cc1[nH+]c(N2CCC(C)CC2)c(C#N)c(C)c1[N+](=O)[O-]. The van der Waals surface area contributed by atoms with E-state index in [2.05, 4.69) is 22.9 Å². The van der Waals surface area contributed by atoms with Crippen LogP contribution in [-0.4, -0.2) is 18.0 Å². The molecule has 6 heteroatoms. The zero-order valence-corrected chi connectivity index (χ0v) is 12.1. The first-order chi connectivity index (χ1) is 9.45. The van der Waals surface area contributed by atoms with Crippen molar-refractivity contribution < 1.29 is 9.91 Å². The van der Waals surface area contributed by atoms with E-state index in [-0.39, 0.29) is 5.69 Å². The average molecular weight is 275 g/mol. The van der Waals surface area contributed by atoms with Crippen LogP contribution in [0.3, 0.4) is 0 Å². The number of aromatic amines is 1. The summed E-state index contributed by atoms with van der Waals surface area (Å²) in [5.74, 6) is 1.41. The second-order valence-corrected chi connectivity index (χ2v) is 5.49. The Kier molecular flexibility index (Phi) is 3.89. The number of nitrogens with zero attached hydrogens (tertiary/aromatic N) is 3. The third-order valence-electron chi connectivity index (χ3n) is 4.02. The molecule has 1 aromatic heterocycles. The van der Waals surface area contributed by atoms with Crippen molar-refractivity contribution in [2.75, 3.05) is 18.0 Å². The molecule has 0 aromatic carbocycles. The van der Waals surface area contributed by atoms with E-state index >= 15 is 0 Å². The topological polar surface area (TPSA) is 84.3 Å². The van der Waals surface area contributed by atoms with Crippen molar-refractivity contribution in [3.05, 3.63) is 26.9 Å². The number of nitro groups is 1. The van der Waals surface area contributed by atoms with Gasteiger partial charge in [0.25, 0.3) is 5.82 Å². The smallest absolute Gasteiger partial charge is 0.261 e. The van der Waals surface area contributed by atoms with E-state index in [4.69, 9.17) is 0 Å². The molecule has 2 heterocycles. The highest BCUT2D eigenvalue weighted by Crippen LogP contribution is 2.29. The monoisotopic (exact) mass is 275 g/mol. The summed E-state index contributed by atoms with van der Waals surface area (Å²) in [7, 11) is 0. The van der Waals surface area contributed by atoms with Crippen LogP contribution < -0.4 is 9.88 Å². The van der Waals surface area contributed by atoms with Crippen LogP contribution in [0.15, 0.2) is 0 Å². The van der Waals surface area contributed by atoms with Gasteiger partial charge in [0.15, 0.2) is 11.3 Å². The summed E-state index contributed by atoms with van der Waals surface area (Å²) >= 11 is 0. The van der Waals surface area contributed by atoms with Crippen LogP contribution in [0.5, 0.6) is 0 Å². The van der Waals surface area contributed by atoms with Gasteiger partial charge >= 0.3 is 5.69 Å². The third-order valence-corrected chi connectivity index (χ3v) is 4.02. The standard InChI is InChI=1S/C14H18N4O2/c1-9-4-6-17(7-5-9)14-12(8-15)10(2)13(18(19)20)11(3)16-14/h9H,4-7H2,1-3H3/p+1. The summed E-state index contributed by atoms with van der Waals surface area (Å²) in [6, 6.07) is 2.12. The van der Waals surface area contributed by atoms with E-state index in [0.29, 0.717) is 22.7 Å². The molecule has 0 atom stereocenters. The molecule has 0 bridgehead atoms. The Hall–Kier alpha value is -2.16. The first-order valence-corrected chi connectivity index (χ1v) is 6.81. The van der Waals surface area contributed by atoms with Crippen molar-refractivity contribution in [3.63, 3.8) is 0 Å². The van der Waals surface area contributed by atoms with Crippen molar-refractivity contribution in [2.45, 2.75) is 33.6 Å². The first-order valence-electron chi connectivity index (χ1n) is 6.81. The number of nitriles is 1. The number of pyridine rings is 1. The van der Waals surface area contributed by atoms with Crippen LogP contribution >= 0.6 is 0 Å². The number of piperidine rings is 1. The van der Waals surface area contributed by atoms with Crippen molar-refractivity contribution in [2.24, 2.45) is 5.92 Å². The Morgan fingerprint density at radius 2 is 2.00 bits per heavy atom. The molecular formula is C14H19N4O2+. The molecule has 0 unspecified atom stereocenters. The van der Waals surface area contributed by atoms with Crippen molar-refractivity contribution in [3.8, 4) is 6.07 Å². The lowest BCUT2D eigenvalue weighted by Crippen LogP contribution is -2.38. The van der Waals surface area contributed by atoms with Crippen LogP contribution in [0.4, 0.5) is 11.5 Å². The van der Waals surface area contributed by atoms with Gasteiger partial charge in [-0.15, -0.1) is 0 Å². The van der Waals surface area contributed by atoms with E-state index in [0.717, 1.165) is 31.7 Å². The summed E-state index contributed by atoms with van der Waals surface area (Å²) in [4.78, 5) is 15.9. The van der Waals surface area contributed by atoms with E-state index in [1.54, 1.807) is 13.8 Å². The van der Waals surface area contributed by atoms with Gasteiger partial charge in [0.05, 0.1) is 23.6 Å². The molecule has 1 aliphatic rings. The van der Waals surface area contributed by atoms with Gasteiger partial charge in [0.2, 0.25) is 0 Å². The number of aryl methyl sites for hydroxylation is 1. The van der Waals surface area contributed by atoms with E-state index in [1.165, 1.54) is 0 Å². The summed E-state index contributed by atoms with van der Waals surface area (Å²) in [5.41, 5.74) is 1.34. The molecule has 1 N–H and O–H groups in total. The molecule has 1 fully saturated rings. The molecule has 2 rings (SSSR count). The molecule has 20 heavy (non-hydrogen) atoms. The van der Waals surface area contributed by atoms with Crippen LogP contribution in [-0.2, 0) is 0 Å². The zero-order valence-electron chi connectivity index (χ0n) is 12.1. The molecule has 0 saturated carbocycles. The van der Waals surface area contributed by atoms with E-state index in [9.17, 15) is 15.4 Å². The molecule has 0 radical (unpaired) electrons. The summed E-state index contributed by atoms with van der Waals surface area (Å²) in [6.45, 7) is 7.31. The minimum absolute atomic E-state index is 0.00989. The number of H-pyrrole nitrogens is 1. The number of hydrogen-bond acceptors (Lipinski definition) is 4. The Bertz CT molecular complexity index is 584. The maximum Gasteiger partial charge on any atom is 0.315 e. The van der Waals surface area contributed by atoms with Gasteiger partial charge in [-0.1, -0.05) is 6.92 Å². The largest absolute Gasteiger partial charge is 0.315 e. The quantitative estimate of drug-likeness (QED) is 0.611. The lowest BCUT2D eigenvalue weighted by molar-refractivity contribution is -0.420. The number of aromatic nitrogens is 1. The lowest BCUT2D eigenvalue weighted by Gasteiger charge is -2.26. The average Bonchev–Trinajstić information content (AvgIpc) is 2.38. The molecule has 1 saturated heterocycles. The second-order valence-electron chi connectivity index (χ2n) is 5.49. The zero-order chi connectivity index (χ0) is 14.9. The van der Waals surface area contributed by atoms with Crippen molar-refractivity contribution >= 4 is 11.5 Å². The third kappa shape index (κ3) is 2.44. The first kappa shape index (κ1) is 14.3. The fourth-order valence-electron chi connectivity index (χ4n) is 2.76. The van der Waals surface area contributed by atoms with Crippen LogP contribution in [0.2, 0.25) is 0 Å². The molecule has 0 aliphatic carbocycles. The minimum Gasteiger partial charge on any atom is -0.261 e. The molecule has 0 spiro atoms. The summed E-state index contributed by atoms with van der Waals surface area (Å²) < 4.78 is 0. The number of nitrogens with one attached hydrogen (secondary N) is 1. The van der Waals surface area contributed by atoms with E-state index in [1.807, 2.05) is 0 Å². The van der Waals surface area contributed by atoms with Gasteiger partial charge in [0, 0.05) is 6.92 Å². The highest BCUT2D eigenvalue weighted by molar-refractivity contribution is 5.61. The van der Waals surface area contributed by atoms with Crippen LogP contribution in [0.25, 0.3) is 0 Å². The Morgan fingerprint density at radius 1 is 1.40 bits per heavy atom. The number of anilines is 1. The van der Waals surface area contributed by atoms with Gasteiger partial charge in [-0.25, -0.2) is 4.98 Å². The predicted octanol–water partition coefficient (Wildman–Crippen LogP) is 2.13. The van der Waals surface area contributed by atoms with Gasteiger partial charge in [-0.2, -0.15) is 5.26 Å². The highest BCUT2D eigenvalue weighted by Gasteiger charge is 2.32. The normalized spacial score (nSPS) is 16.0. The van der Waals surface area contributed by atoms with Gasteiger partial charge in [-0.3, -0.25) is 15.0 Å². The number of hydrogen-bond donors (Lipinski definition) is 0. The molecule has 106 valence electrons. The molecule has 1 aromatic rings. The fraction of sp³-hybridized carbons (Fsp3) is 0.571. The molecule has 0 amide bonds. The van der Waals surface area contributed by atoms with Gasteiger partial charge in [0.1, 0.15) is 6.07 Å². The maximum absolute atomic E-state index is 11.1. The van der Waals surface area contributed by atoms with Crippen LogP contribution in [0, 0.1) is 41.2 Å². The Morgan fingerprint density at radius 3 is 2.50 bits per heavy atom.